The van der Waals surface area contributed by atoms with E-state index in [0.717, 1.165) is 5.56 Å². The average molecular weight is 196 g/mol. The van der Waals surface area contributed by atoms with E-state index in [-0.39, 0.29) is 11.7 Å². The zero-order valence-electron chi connectivity index (χ0n) is 8.92. The van der Waals surface area contributed by atoms with Crippen LogP contribution in [-0.2, 0) is 0 Å². The molecule has 0 spiro atoms. The molecule has 0 aliphatic carbocycles. The normalized spacial score (nSPS) is 12.6. The SMILES string of the molecule is CC(CN)c1cccc(F)c1N(C)C. The van der Waals surface area contributed by atoms with Crippen LogP contribution in [-0.4, -0.2) is 20.6 Å². The Bertz CT molecular complexity index is 310. The number of rotatable bonds is 3. The standard InChI is InChI=1S/C11H17FN2/c1-8(7-13)9-5-4-6-10(12)11(9)14(2)3/h4-6,8H,7,13H2,1-3H3. The van der Waals surface area contributed by atoms with Gasteiger partial charge in [-0.15, -0.1) is 0 Å². The number of nitrogens with zero attached hydrogens (tertiary/aromatic N) is 1. The highest BCUT2D eigenvalue weighted by Crippen LogP contribution is 2.28. The summed E-state index contributed by atoms with van der Waals surface area (Å²) < 4.78 is 13.5. The van der Waals surface area contributed by atoms with Crippen LogP contribution >= 0.6 is 0 Å². The van der Waals surface area contributed by atoms with Crippen LogP contribution in [0.3, 0.4) is 0 Å². The molecule has 1 rings (SSSR count). The highest BCUT2D eigenvalue weighted by molar-refractivity contribution is 5.55. The summed E-state index contributed by atoms with van der Waals surface area (Å²) in [4.78, 5) is 1.79. The van der Waals surface area contributed by atoms with E-state index in [1.54, 1.807) is 11.0 Å². The van der Waals surface area contributed by atoms with E-state index in [1.165, 1.54) is 6.07 Å². The van der Waals surface area contributed by atoms with E-state index in [0.29, 0.717) is 12.2 Å². The van der Waals surface area contributed by atoms with E-state index in [1.807, 2.05) is 27.1 Å². The maximum Gasteiger partial charge on any atom is 0.146 e. The summed E-state index contributed by atoms with van der Waals surface area (Å²) in [6, 6.07) is 5.13. The fraction of sp³-hybridized carbons (Fsp3) is 0.455. The number of halogens is 1. The molecule has 0 fully saturated rings. The van der Waals surface area contributed by atoms with Gasteiger partial charge in [0.1, 0.15) is 5.82 Å². The molecule has 2 N–H and O–H groups in total. The third kappa shape index (κ3) is 2.04. The van der Waals surface area contributed by atoms with Crippen molar-refractivity contribution in [2.24, 2.45) is 5.73 Å². The molecule has 0 aromatic heterocycles. The van der Waals surface area contributed by atoms with Gasteiger partial charge in [-0.05, 0) is 24.1 Å². The second-order valence-electron chi connectivity index (χ2n) is 3.71. The number of hydrogen-bond donors (Lipinski definition) is 1. The molecule has 1 aromatic carbocycles. The maximum atomic E-state index is 13.5. The molecule has 1 atom stereocenters. The lowest BCUT2D eigenvalue weighted by molar-refractivity contribution is 0.620. The summed E-state index contributed by atoms with van der Waals surface area (Å²) >= 11 is 0. The van der Waals surface area contributed by atoms with Crippen molar-refractivity contribution in [1.29, 1.82) is 0 Å². The lowest BCUT2D eigenvalue weighted by atomic mass is 9.98. The number of anilines is 1. The molecule has 14 heavy (non-hydrogen) atoms. The monoisotopic (exact) mass is 196 g/mol. The zero-order chi connectivity index (χ0) is 10.7. The smallest absolute Gasteiger partial charge is 0.146 e. The Kier molecular flexibility index (Phi) is 3.47. The van der Waals surface area contributed by atoms with Crippen molar-refractivity contribution in [2.45, 2.75) is 12.8 Å². The van der Waals surface area contributed by atoms with Crippen LogP contribution < -0.4 is 10.6 Å². The fourth-order valence-electron chi connectivity index (χ4n) is 1.53. The first kappa shape index (κ1) is 11.0. The summed E-state index contributed by atoms with van der Waals surface area (Å²) in [7, 11) is 3.68. The van der Waals surface area contributed by atoms with Gasteiger partial charge in [0.05, 0.1) is 5.69 Å². The van der Waals surface area contributed by atoms with Gasteiger partial charge in [-0.1, -0.05) is 19.1 Å². The van der Waals surface area contributed by atoms with Crippen LogP contribution in [0.15, 0.2) is 18.2 Å². The predicted molar refractivity (Wildman–Crippen MR) is 58.2 cm³/mol. The lowest BCUT2D eigenvalue weighted by Gasteiger charge is -2.21. The third-order valence-corrected chi connectivity index (χ3v) is 2.35. The van der Waals surface area contributed by atoms with Crippen LogP contribution in [0.5, 0.6) is 0 Å². The number of para-hydroxylation sites is 1. The lowest BCUT2D eigenvalue weighted by Crippen LogP contribution is -2.17. The van der Waals surface area contributed by atoms with Gasteiger partial charge in [-0.25, -0.2) is 4.39 Å². The van der Waals surface area contributed by atoms with E-state index >= 15 is 0 Å². The van der Waals surface area contributed by atoms with Crippen LogP contribution in [0.25, 0.3) is 0 Å². The second kappa shape index (κ2) is 4.42. The first-order valence-electron chi connectivity index (χ1n) is 4.73. The van der Waals surface area contributed by atoms with Gasteiger partial charge in [0.25, 0.3) is 0 Å². The first-order valence-corrected chi connectivity index (χ1v) is 4.73. The van der Waals surface area contributed by atoms with Gasteiger partial charge < -0.3 is 10.6 Å². The molecule has 1 aromatic rings. The van der Waals surface area contributed by atoms with Crippen LogP contribution in [0.2, 0.25) is 0 Å². The van der Waals surface area contributed by atoms with Gasteiger partial charge in [0.15, 0.2) is 0 Å². The fourth-order valence-corrected chi connectivity index (χ4v) is 1.53. The number of nitrogens with two attached hydrogens (primary N) is 1. The molecule has 78 valence electrons. The van der Waals surface area contributed by atoms with E-state index in [9.17, 15) is 4.39 Å². The Hall–Kier alpha value is -1.09. The van der Waals surface area contributed by atoms with E-state index in [4.69, 9.17) is 5.73 Å². The van der Waals surface area contributed by atoms with Gasteiger partial charge in [0.2, 0.25) is 0 Å². The molecule has 0 radical (unpaired) electrons. The Labute approximate surface area is 84.5 Å². The van der Waals surface area contributed by atoms with Crippen molar-refractivity contribution in [3.63, 3.8) is 0 Å². The van der Waals surface area contributed by atoms with E-state index < -0.39 is 0 Å². The molecule has 3 heteroatoms. The van der Waals surface area contributed by atoms with Gasteiger partial charge in [0, 0.05) is 14.1 Å². The third-order valence-electron chi connectivity index (χ3n) is 2.35. The molecular formula is C11H17FN2. The molecule has 0 amide bonds. The molecule has 0 aliphatic heterocycles. The Morgan fingerprint density at radius 2 is 2.07 bits per heavy atom. The molecule has 0 saturated heterocycles. The molecule has 2 nitrogen and oxygen atoms in total. The molecule has 0 aliphatic rings. The minimum atomic E-state index is -0.187. The molecule has 0 heterocycles. The highest BCUT2D eigenvalue weighted by atomic mass is 19.1. The van der Waals surface area contributed by atoms with E-state index in [2.05, 4.69) is 0 Å². The second-order valence-corrected chi connectivity index (χ2v) is 3.71. The summed E-state index contributed by atoms with van der Waals surface area (Å²) in [5.74, 6) is -0.00380. The van der Waals surface area contributed by atoms with Gasteiger partial charge in [-0.2, -0.15) is 0 Å². The largest absolute Gasteiger partial charge is 0.375 e. The molecular weight excluding hydrogens is 179 g/mol. The molecule has 0 saturated carbocycles. The van der Waals surface area contributed by atoms with Crippen LogP contribution in [0.4, 0.5) is 10.1 Å². The van der Waals surface area contributed by atoms with Crippen molar-refractivity contribution in [1.82, 2.24) is 0 Å². The van der Waals surface area contributed by atoms with Gasteiger partial charge in [-0.3, -0.25) is 0 Å². The number of hydrogen-bond acceptors (Lipinski definition) is 2. The van der Waals surface area contributed by atoms with Crippen LogP contribution in [0, 0.1) is 5.82 Å². The van der Waals surface area contributed by atoms with Crippen molar-refractivity contribution in [3.8, 4) is 0 Å². The topological polar surface area (TPSA) is 29.3 Å². The van der Waals surface area contributed by atoms with Crippen molar-refractivity contribution < 1.29 is 4.39 Å². The average Bonchev–Trinajstić information content (AvgIpc) is 2.15. The van der Waals surface area contributed by atoms with Crippen molar-refractivity contribution in [2.75, 3.05) is 25.5 Å². The summed E-state index contributed by atoms with van der Waals surface area (Å²) in [6.07, 6.45) is 0. The maximum absolute atomic E-state index is 13.5. The van der Waals surface area contributed by atoms with Crippen molar-refractivity contribution in [3.05, 3.63) is 29.6 Å². The predicted octanol–water partition coefficient (Wildman–Crippen LogP) is 1.95. The molecule has 1 unspecified atom stereocenters. The molecule has 0 bridgehead atoms. The van der Waals surface area contributed by atoms with Crippen molar-refractivity contribution >= 4 is 5.69 Å². The zero-order valence-corrected chi connectivity index (χ0v) is 8.92. The summed E-state index contributed by atoms with van der Waals surface area (Å²) in [5.41, 5.74) is 7.20. The minimum absolute atomic E-state index is 0.183. The minimum Gasteiger partial charge on any atom is -0.375 e. The quantitative estimate of drug-likeness (QED) is 0.800. The summed E-state index contributed by atoms with van der Waals surface area (Å²) in [6.45, 7) is 2.53. The Morgan fingerprint density at radius 1 is 1.43 bits per heavy atom. The Morgan fingerprint density at radius 3 is 2.57 bits per heavy atom. The first-order chi connectivity index (χ1) is 6.57. The Balaban J connectivity index is 3.21. The van der Waals surface area contributed by atoms with Gasteiger partial charge >= 0.3 is 0 Å². The highest BCUT2D eigenvalue weighted by Gasteiger charge is 2.14. The van der Waals surface area contributed by atoms with Crippen LogP contribution in [0.1, 0.15) is 18.4 Å². The number of benzene rings is 1. The summed E-state index contributed by atoms with van der Waals surface area (Å²) in [5, 5.41) is 0.